The number of ether oxygens (including phenoxy) is 2. The van der Waals surface area contributed by atoms with E-state index in [0.717, 1.165) is 80.5 Å². The molecule has 0 bridgehead atoms. The van der Waals surface area contributed by atoms with Gasteiger partial charge in [0.05, 0.1) is 25.1 Å². The number of halogens is 2. The number of aromatic nitrogens is 2. The van der Waals surface area contributed by atoms with Crippen LogP contribution in [0.5, 0.6) is 5.75 Å². The quantitative estimate of drug-likeness (QED) is 0.353. The van der Waals surface area contributed by atoms with Crippen LogP contribution < -0.4 is 10.1 Å². The van der Waals surface area contributed by atoms with E-state index in [9.17, 15) is 14.3 Å². The third kappa shape index (κ3) is 6.54. The number of nitrogens with one attached hydrogen (secondary N) is 1. The van der Waals surface area contributed by atoms with Crippen LogP contribution >= 0.6 is 0 Å². The first-order valence-electron chi connectivity index (χ1n) is 14.6. The minimum Gasteiger partial charge on any atom is -0.496 e. The first kappa shape index (κ1) is 28.7. The van der Waals surface area contributed by atoms with Crippen LogP contribution in [0.15, 0.2) is 18.3 Å². The van der Waals surface area contributed by atoms with Crippen molar-refractivity contribution in [2.75, 3.05) is 38.7 Å². The van der Waals surface area contributed by atoms with Crippen LogP contribution in [0.3, 0.4) is 0 Å². The maximum absolute atomic E-state index is 15.3. The van der Waals surface area contributed by atoms with Crippen molar-refractivity contribution >= 4 is 11.8 Å². The average molecular weight is 559 g/mol. The van der Waals surface area contributed by atoms with E-state index in [1.165, 1.54) is 6.07 Å². The number of pyridine rings is 2. The predicted molar refractivity (Wildman–Crippen MR) is 147 cm³/mol. The summed E-state index contributed by atoms with van der Waals surface area (Å²) in [7, 11) is 1.68. The third-order valence-electron chi connectivity index (χ3n) is 8.48. The lowest BCUT2D eigenvalue weighted by Gasteiger charge is -2.30. The summed E-state index contributed by atoms with van der Waals surface area (Å²) in [6, 6.07) is 2.17. The van der Waals surface area contributed by atoms with E-state index >= 15 is 4.39 Å². The van der Waals surface area contributed by atoms with Crippen LogP contribution in [0.4, 0.5) is 14.6 Å². The van der Waals surface area contributed by atoms with Crippen LogP contribution in [-0.2, 0) is 22.4 Å². The molecule has 3 aliphatic rings. The lowest BCUT2D eigenvalue weighted by molar-refractivity contribution is -0.143. The monoisotopic (exact) mass is 558 g/mol. The maximum atomic E-state index is 15.3. The number of aryl methyl sites for hydroxylation is 1. The predicted octanol–water partition coefficient (Wildman–Crippen LogP) is 5.42. The minimum atomic E-state index is -1.08. The Balaban J connectivity index is 1.17. The van der Waals surface area contributed by atoms with Gasteiger partial charge in [0.25, 0.3) is 0 Å². The van der Waals surface area contributed by atoms with E-state index in [4.69, 9.17) is 14.5 Å². The van der Waals surface area contributed by atoms with Crippen molar-refractivity contribution in [1.82, 2.24) is 14.9 Å². The molecule has 2 aromatic rings. The number of carboxylic acids is 1. The highest BCUT2D eigenvalue weighted by Crippen LogP contribution is 2.37. The zero-order chi connectivity index (χ0) is 28.1. The fourth-order valence-electron chi connectivity index (χ4n) is 6.39. The van der Waals surface area contributed by atoms with Gasteiger partial charge in [0.1, 0.15) is 29.6 Å². The largest absolute Gasteiger partial charge is 0.496 e. The van der Waals surface area contributed by atoms with Gasteiger partial charge in [0.2, 0.25) is 0 Å². The second-order valence-corrected chi connectivity index (χ2v) is 11.2. The molecule has 0 aliphatic carbocycles. The molecule has 218 valence electrons. The number of unbranched alkanes of at least 4 members (excludes halogenated alkanes) is 1. The summed E-state index contributed by atoms with van der Waals surface area (Å²) in [6.45, 7) is 2.23. The normalized spacial score (nSPS) is 22.8. The Hall–Kier alpha value is -2.85. The van der Waals surface area contributed by atoms with Gasteiger partial charge >= 0.3 is 5.97 Å². The van der Waals surface area contributed by atoms with Crippen molar-refractivity contribution in [3.8, 4) is 5.75 Å². The average Bonchev–Trinajstić information content (AvgIpc) is 3.45. The van der Waals surface area contributed by atoms with Crippen LogP contribution in [0, 0.1) is 11.7 Å². The molecule has 0 unspecified atom stereocenters. The van der Waals surface area contributed by atoms with Gasteiger partial charge < -0.3 is 19.9 Å². The molecule has 2 saturated heterocycles. The number of carbonyl (C=O) groups is 1. The highest BCUT2D eigenvalue weighted by atomic mass is 19.1. The van der Waals surface area contributed by atoms with Crippen LogP contribution in [0.1, 0.15) is 86.0 Å². The Morgan fingerprint density at radius 1 is 1.27 bits per heavy atom. The molecule has 5 heterocycles. The van der Waals surface area contributed by atoms with Gasteiger partial charge in [-0.15, -0.1) is 0 Å². The van der Waals surface area contributed by atoms with Gasteiger partial charge in [-0.25, -0.2) is 13.8 Å². The zero-order valence-electron chi connectivity index (χ0n) is 23.2. The molecule has 2 aromatic heterocycles. The highest BCUT2D eigenvalue weighted by molar-refractivity contribution is 5.76. The molecule has 5 rings (SSSR count). The van der Waals surface area contributed by atoms with E-state index in [-0.39, 0.29) is 12.0 Å². The summed E-state index contributed by atoms with van der Waals surface area (Å²) in [5, 5.41) is 13.5. The molecular formula is C30H40F2N4O4. The summed E-state index contributed by atoms with van der Waals surface area (Å²) in [5.74, 6) is -0.162. The van der Waals surface area contributed by atoms with Crippen molar-refractivity contribution in [1.29, 1.82) is 0 Å². The maximum Gasteiger partial charge on any atom is 0.325 e. The van der Waals surface area contributed by atoms with Gasteiger partial charge in [-0.3, -0.25) is 14.7 Å². The number of rotatable bonds is 11. The lowest BCUT2D eigenvalue weighted by atomic mass is 9.96. The van der Waals surface area contributed by atoms with Gasteiger partial charge in [-0.2, -0.15) is 0 Å². The molecule has 0 radical (unpaired) electrons. The molecule has 2 fully saturated rings. The number of likely N-dealkylation sites (tertiary alicyclic amines) is 1. The number of anilines is 1. The number of methoxy groups -OCH3 is 1. The third-order valence-corrected chi connectivity index (χ3v) is 8.48. The molecule has 0 saturated carbocycles. The Bertz CT molecular complexity index is 1160. The fourth-order valence-corrected chi connectivity index (χ4v) is 6.39. The molecule has 4 atom stereocenters. The van der Waals surface area contributed by atoms with Crippen molar-refractivity contribution < 1.29 is 28.2 Å². The van der Waals surface area contributed by atoms with Gasteiger partial charge in [-0.1, -0.05) is 6.42 Å². The zero-order valence-corrected chi connectivity index (χ0v) is 23.2. The van der Waals surface area contributed by atoms with E-state index < -0.39 is 24.0 Å². The topological polar surface area (TPSA) is 96.8 Å². The molecule has 40 heavy (non-hydrogen) atoms. The number of alkyl halides is 1. The number of hydrogen-bond donors (Lipinski definition) is 2. The Morgan fingerprint density at radius 2 is 2.15 bits per heavy atom. The Kier molecular flexibility index (Phi) is 9.47. The van der Waals surface area contributed by atoms with E-state index in [1.807, 2.05) is 6.07 Å². The molecule has 0 spiro atoms. The lowest BCUT2D eigenvalue weighted by Crippen LogP contribution is -2.35. The van der Waals surface area contributed by atoms with Gasteiger partial charge in [0.15, 0.2) is 0 Å². The molecular weight excluding hydrogens is 518 g/mol. The molecule has 2 N–H and O–H groups in total. The van der Waals surface area contributed by atoms with Crippen LogP contribution in [0.2, 0.25) is 0 Å². The molecule has 8 nitrogen and oxygen atoms in total. The number of hydrogen-bond acceptors (Lipinski definition) is 7. The number of aliphatic carboxylic acids is 1. The minimum absolute atomic E-state index is 0.260. The number of nitrogens with zero attached hydrogens (tertiary/aromatic N) is 3. The van der Waals surface area contributed by atoms with Crippen molar-refractivity contribution in [3.05, 3.63) is 46.7 Å². The molecule has 0 aromatic carbocycles. The first-order chi connectivity index (χ1) is 19.4. The molecule has 10 heteroatoms. The number of fused-ring (bicyclic) bond motifs is 1. The fraction of sp³-hybridized carbons (Fsp3) is 0.633. The van der Waals surface area contributed by atoms with Crippen molar-refractivity contribution in [2.24, 2.45) is 5.92 Å². The summed E-state index contributed by atoms with van der Waals surface area (Å²) in [6.07, 6.45) is 7.61. The summed E-state index contributed by atoms with van der Waals surface area (Å²) >= 11 is 0. The smallest absolute Gasteiger partial charge is 0.325 e. The second-order valence-electron chi connectivity index (χ2n) is 11.2. The van der Waals surface area contributed by atoms with Crippen LogP contribution in [0.25, 0.3) is 0 Å². The Labute approximate surface area is 234 Å². The van der Waals surface area contributed by atoms with E-state index in [0.29, 0.717) is 50.2 Å². The van der Waals surface area contributed by atoms with Crippen LogP contribution in [-0.4, -0.2) is 65.5 Å². The van der Waals surface area contributed by atoms with E-state index in [1.54, 1.807) is 12.0 Å². The molecule has 3 aliphatic heterocycles. The first-order valence-corrected chi connectivity index (χ1v) is 14.6. The van der Waals surface area contributed by atoms with Gasteiger partial charge in [0, 0.05) is 48.5 Å². The molecule has 0 amide bonds. The Morgan fingerprint density at radius 3 is 2.92 bits per heavy atom. The standard InChI is InChI=1S/C30H40F2N4O4/c1-39-26-16-21(35-29-22(26)8-6-12-33-29)7-2-3-9-24(32)19-11-13-36(18-19)28(30(37)38)23-15-20(31)17-34-27(23)25-10-4-5-14-40-25/h15-17,19,24-25,28H,2-14,18H2,1H3,(H,33,35)(H,37,38)/t19-,24-,25+,28+/m1/s1. The summed E-state index contributed by atoms with van der Waals surface area (Å²) in [5.41, 5.74) is 2.87. The summed E-state index contributed by atoms with van der Waals surface area (Å²) in [4.78, 5) is 23.2. The number of carboxylic acid groups (broad SMARTS) is 1. The second kappa shape index (κ2) is 13.2. The van der Waals surface area contributed by atoms with Crippen molar-refractivity contribution in [3.63, 3.8) is 0 Å². The van der Waals surface area contributed by atoms with E-state index in [2.05, 4.69) is 10.3 Å². The highest BCUT2D eigenvalue weighted by Gasteiger charge is 2.39. The SMILES string of the molecule is COc1cc(CCCC[C@@H](F)[C@@H]2CCN([C@H](C(=O)O)c3cc(F)cnc3[C@@H]3CCCCO3)C2)nc2c1CCCN2. The van der Waals surface area contributed by atoms with Gasteiger partial charge in [-0.05, 0) is 70.4 Å². The summed E-state index contributed by atoms with van der Waals surface area (Å²) < 4.78 is 41.0. The van der Waals surface area contributed by atoms with Crippen molar-refractivity contribution in [2.45, 2.75) is 82.5 Å².